The molecule has 0 N–H and O–H groups in total. The number of aromatic nitrogens is 2. The smallest absolute Gasteiger partial charge is 0.0752 e. The second-order valence-corrected chi connectivity index (χ2v) is 5.65. The zero-order valence-corrected chi connectivity index (χ0v) is 10.9. The second-order valence-electron chi connectivity index (χ2n) is 5.65. The summed E-state index contributed by atoms with van der Waals surface area (Å²) in [4.78, 5) is 2.47. The van der Waals surface area contributed by atoms with Crippen LogP contribution in [-0.4, -0.2) is 22.9 Å². The molecular weight excluding hydrogens is 198 g/mol. The van der Waals surface area contributed by atoms with Crippen molar-refractivity contribution in [1.82, 2.24) is 9.78 Å². The summed E-state index contributed by atoms with van der Waals surface area (Å²) in [6, 6.07) is 0. The number of hydrogen-bond donors (Lipinski definition) is 0. The fourth-order valence-electron chi connectivity index (χ4n) is 2.49. The molecule has 0 spiro atoms. The zero-order valence-electron chi connectivity index (χ0n) is 10.9. The normalized spacial score (nSPS) is 21.8. The van der Waals surface area contributed by atoms with Crippen LogP contribution < -0.4 is 4.90 Å². The van der Waals surface area contributed by atoms with Crippen LogP contribution in [0.3, 0.4) is 0 Å². The van der Waals surface area contributed by atoms with Gasteiger partial charge in [0.15, 0.2) is 0 Å². The van der Waals surface area contributed by atoms with Gasteiger partial charge in [0.1, 0.15) is 0 Å². The third kappa shape index (κ3) is 2.08. The van der Waals surface area contributed by atoms with Gasteiger partial charge >= 0.3 is 0 Å². The summed E-state index contributed by atoms with van der Waals surface area (Å²) in [6.07, 6.45) is 6.66. The number of anilines is 1. The van der Waals surface area contributed by atoms with Gasteiger partial charge in [0.25, 0.3) is 0 Å². The molecule has 0 aromatic carbocycles. The Morgan fingerprint density at radius 1 is 1.50 bits per heavy atom. The largest absolute Gasteiger partial charge is 0.369 e. The second kappa shape index (κ2) is 4.11. The van der Waals surface area contributed by atoms with Gasteiger partial charge in [0.2, 0.25) is 0 Å². The molecule has 3 nitrogen and oxygen atoms in total. The quantitative estimate of drug-likeness (QED) is 0.782. The van der Waals surface area contributed by atoms with Crippen molar-refractivity contribution in [3.63, 3.8) is 0 Å². The number of nitrogens with zero attached hydrogens (tertiary/aromatic N) is 3. The van der Waals surface area contributed by atoms with E-state index in [0.717, 1.165) is 5.92 Å². The van der Waals surface area contributed by atoms with E-state index in [2.05, 4.69) is 37.0 Å². The standard InChI is InChI=1S/C13H23N3/c1-5-13(2,3)11-6-7-16(9-11)12-8-14-15(4)10-12/h8,10-11H,5-7,9H2,1-4H3. The third-order valence-electron chi connectivity index (χ3n) is 4.26. The predicted octanol–water partition coefficient (Wildman–Crippen LogP) is 2.68. The van der Waals surface area contributed by atoms with Crippen molar-refractivity contribution in [1.29, 1.82) is 0 Å². The number of hydrogen-bond acceptors (Lipinski definition) is 2. The molecule has 3 heteroatoms. The van der Waals surface area contributed by atoms with Gasteiger partial charge in [-0.05, 0) is 17.8 Å². The average Bonchev–Trinajstić information content (AvgIpc) is 2.85. The topological polar surface area (TPSA) is 21.1 Å². The van der Waals surface area contributed by atoms with Gasteiger partial charge in [-0.25, -0.2) is 0 Å². The summed E-state index contributed by atoms with van der Waals surface area (Å²) in [5.74, 6) is 0.817. The van der Waals surface area contributed by atoms with Gasteiger partial charge in [-0.1, -0.05) is 27.2 Å². The van der Waals surface area contributed by atoms with Crippen molar-refractivity contribution < 1.29 is 0 Å². The van der Waals surface area contributed by atoms with E-state index in [1.54, 1.807) is 0 Å². The highest BCUT2D eigenvalue weighted by molar-refractivity contribution is 5.43. The van der Waals surface area contributed by atoms with Crippen molar-refractivity contribution >= 4 is 5.69 Å². The Bertz CT molecular complexity index is 354. The van der Waals surface area contributed by atoms with Crippen LogP contribution in [0.15, 0.2) is 12.4 Å². The van der Waals surface area contributed by atoms with Gasteiger partial charge in [-0.15, -0.1) is 0 Å². The maximum Gasteiger partial charge on any atom is 0.0752 e. The third-order valence-corrected chi connectivity index (χ3v) is 4.26. The summed E-state index contributed by atoms with van der Waals surface area (Å²) in [5, 5.41) is 4.24. The molecule has 2 heterocycles. The molecule has 2 rings (SSSR count). The van der Waals surface area contributed by atoms with E-state index in [9.17, 15) is 0 Å². The van der Waals surface area contributed by atoms with Crippen LogP contribution >= 0.6 is 0 Å². The zero-order chi connectivity index (χ0) is 11.8. The molecule has 1 aromatic heterocycles. The Kier molecular flexibility index (Phi) is 2.96. The monoisotopic (exact) mass is 221 g/mol. The summed E-state index contributed by atoms with van der Waals surface area (Å²) in [6.45, 7) is 9.45. The average molecular weight is 221 g/mol. The van der Waals surface area contributed by atoms with Crippen LogP contribution in [0.5, 0.6) is 0 Å². The highest BCUT2D eigenvalue weighted by Crippen LogP contribution is 2.38. The van der Waals surface area contributed by atoms with E-state index in [-0.39, 0.29) is 0 Å². The van der Waals surface area contributed by atoms with E-state index in [4.69, 9.17) is 0 Å². The molecule has 1 aliphatic rings. The molecule has 1 saturated heterocycles. The molecule has 1 fully saturated rings. The molecule has 0 radical (unpaired) electrons. The Labute approximate surface area is 98.4 Å². The molecule has 1 unspecified atom stereocenters. The van der Waals surface area contributed by atoms with Crippen molar-refractivity contribution in [2.24, 2.45) is 18.4 Å². The Morgan fingerprint density at radius 3 is 2.81 bits per heavy atom. The van der Waals surface area contributed by atoms with Crippen LogP contribution in [0, 0.1) is 11.3 Å². The lowest BCUT2D eigenvalue weighted by atomic mass is 9.76. The fourth-order valence-corrected chi connectivity index (χ4v) is 2.49. The first-order valence-electron chi connectivity index (χ1n) is 6.26. The number of aryl methyl sites for hydroxylation is 1. The molecule has 0 aliphatic carbocycles. The van der Waals surface area contributed by atoms with E-state index in [1.807, 2.05) is 17.9 Å². The summed E-state index contributed by atoms with van der Waals surface area (Å²) >= 11 is 0. The van der Waals surface area contributed by atoms with Gasteiger partial charge in [-0.2, -0.15) is 5.10 Å². The molecule has 0 bridgehead atoms. The predicted molar refractivity (Wildman–Crippen MR) is 67.6 cm³/mol. The molecule has 1 aliphatic heterocycles. The Hall–Kier alpha value is -0.990. The minimum absolute atomic E-state index is 0.469. The fraction of sp³-hybridized carbons (Fsp3) is 0.769. The van der Waals surface area contributed by atoms with E-state index < -0.39 is 0 Å². The van der Waals surface area contributed by atoms with E-state index in [1.165, 1.54) is 31.6 Å². The van der Waals surface area contributed by atoms with Crippen LogP contribution in [0.4, 0.5) is 5.69 Å². The molecule has 1 aromatic rings. The lowest BCUT2D eigenvalue weighted by Crippen LogP contribution is -2.27. The van der Waals surface area contributed by atoms with E-state index >= 15 is 0 Å². The molecule has 90 valence electrons. The highest BCUT2D eigenvalue weighted by atomic mass is 15.3. The molecule has 0 amide bonds. The van der Waals surface area contributed by atoms with E-state index in [0.29, 0.717) is 5.41 Å². The van der Waals surface area contributed by atoms with Crippen LogP contribution in [0.2, 0.25) is 0 Å². The SMILES string of the molecule is CCC(C)(C)C1CCN(c2cnn(C)c2)C1. The summed E-state index contributed by atoms with van der Waals surface area (Å²) in [7, 11) is 1.98. The first-order valence-corrected chi connectivity index (χ1v) is 6.26. The first-order chi connectivity index (χ1) is 7.53. The van der Waals surface area contributed by atoms with Gasteiger partial charge in [0.05, 0.1) is 11.9 Å². The molecule has 1 atom stereocenters. The number of rotatable bonds is 3. The molecule has 16 heavy (non-hydrogen) atoms. The van der Waals surface area contributed by atoms with Gasteiger partial charge < -0.3 is 4.90 Å². The van der Waals surface area contributed by atoms with Crippen LogP contribution in [-0.2, 0) is 7.05 Å². The Morgan fingerprint density at radius 2 is 2.25 bits per heavy atom. The highest BCUT2D eigenvalue weighted by Gasteiger charge is 2.34. The van der Waals surface area contributed by atoms with Crippen molar-refractivity contribution in [2.45, 2.75) is 33.6 Å². The lowest BCUT2D eigenvalue weighted by Gasteiger charge is -2.30. The van der Waals surface area contributed by atoms with Crippen molar-refractivity contribution in [2.75, 3.05) is 18.0 Å². The van der Waals surface area contributed by atoms with Gasteiger partial charge in [0, 0.05) is 26.3 Å². The first kappa shape index (κ1) is 11.5. The maximum absolute atomic E-state index is 4.24. The minimum atomic E-state index is 0.469. The van der Waals surface area contributed by atoms with Crippen molar-refractivity contribution in [3.8, 4) is 0 Å². The lowest BCUT2D eigenvalue weighted by molar-refractivity contribution is 0.223. The van der Waals surface area contributed by atoms with Crippen LogP contribution in [0.25, 0.3) is 0 Å². The molecule has 0 saturated carbocycles. The minimum Gasteiger partial charge on any atom is -0.369 e. The van der Waals surface area contributed by atoms with Crippen molar-refractivity contribution in [3.05, 3.63) is 12.4 Å². The Balaban J connectivity index is 2.03. The van der Waals surface area contributed by atoms with Gasteiger partial charge in [-0.3, -0.25) is 4.68 Å². The summed E-state index contributed by atoms with van der Waals surface area (Å²) < 4.78 is 1.88. The summed E-state index contributed by atoms with van der Waals surface area (Å²) in [5.41, 5.74) is 1.74. The van der Waals surface area contributed by atoms with Crippen LogP contribution in [0.1, 0.15) is 33.6 Å². The maximum atomic E-state index is 4.24. The molecular formula is C13H23N3.